The van der Waals surface area contributed by atoms with E-state index in [4.69, 9.17) is 0 Å². The van der Waals surface area contributed by atoms with Crippen LogP contribution >= 0.6 is 0 Å². The Morgan fingerprint density at radius 2 is 2.13 bits per heavy atom. The topological polar surface area (TPSA) is 27.3 Å². The molecule has 2 N–H and O–H groups in total. The minimum Gasteiger partial charge on any atom is -0.315 e. The molecule has 1 fully saturated rings. The van der Waals surface area contributed by atoms with Crippen molar-refractivity contribution >= 4 is 0 Å². The Kier molecular flexibility index (Phi) is 5.03. The summed E-state index contributed by atoms with van der Waals surface area (Å²) in [4.78, 5) is 2.26. The van der Waals surface area contributed by atoms with Gasteiger partial charge < -0.3 is 15.5 Å². The van der Waals surface area contributed by atoms with Gasteiger partial charge in [0, 0.05) is 25.7 Å². The van der Waals surface area contributed by atoms with E-state index in [1.807, 2.05) is 0 Å². The van der Waals surface area contributed by atoms with Crippen LogP contribution in [0.1, 0.15) is 26.7 Å². The average Bonchev–Trinajstić information content (AvgIpc) is 2.53. The van der Waals surface area contributed by atoms with Gasteiger partial charge in [-0.05, 0) is 38.9 Å². The molecule has 0 saturated carbocycles. The maximum Gasteiger partial charge on any atom is 0.0192 e. The van der Waals surface area contributed by atoms with Crippen molar-refractivity contribution in [2.45, 2.75) is 32.7 Å². The molecule has 1 atom stereocenters. The quantitative estimate of drug-likeness (QED) is 0.687. The largest absolute Gasteiger partial charge is 0.315 e. The summed E-state index contributed by atoms with van der Waals surface area (Å²) < 4.78 is 0. The van der Waals surface area contributed by atoms with Crippen LogP contribution < -0.4 is 10.6 Å². The normalized spacial score (nSPS) is 22.6. The molecular formula is C12H27N3. The van der Waals surface area contributed by atoms with Crippen molar-refractivity contribution < 1.29 is 0 Å². The molecular weight excluding hydrogens is 186 g/mol. The average molecular weight is 213 g/mol. The van der Waals surface area contributed by atoms with E-state index in [0.717, 1.165) is 19.6 Å². The molecule has 0 aromatic rings. The maximum absolute atomic E-state index is 3.58. The van der Waals surface area contributed by atoms with Gasteiger partial charge in [-0.1, -0.05) is 13.8 Å². The van der Waals surface area contributed by atoms with Gasteiger partial charge in [-0.15, -0.1) is 0 Å². The fourth-order valence-corrected chi connectivity index (χ4v) is 2.43. The second-order valence-corrected chi connectivity index (χ2v) is 5.83. The highest BCUT2D eigenvalue weighted by atomic mass is 15.1. The molecule has 0 bridgehead atoms. The van der Waals surface area contributed by atoms with Crippen molar-refractivity contribution in [1.29, 1.82) is 0 Å². The molecule has 1 aliphatic heterocycles. The summed E-state index contributed by atoms with van der Waals surface area (Å²) >= 11 is 0. The molecule has 0 aliphatic carbocycles. The van der Waals surface area contributed by atoms with E-state index in [1.165, 1.54) is 19.4 Å². The lowest BCUT2D eigenvalue weighted by molar-refractivity contribution is 0.231. The second-order valence-electron chi connectivity index (χ2n) is 5.83. The van der Waals surface area contributed by atoms with Gasteiger partial charge in [-0.2, -0.15) is 0 Å². The lowest BCUT2D eigenvalue weighted by Gasteiger charge is -2.29. The third-order valence-electron chi connectivity index (χ3n) is 2.90. The Bertz CT molecular complexity index is 172. The zero-order chi connectivity index (χ0) is 11.3. The Labute approximate surface area is 94.6 Å². The van der Waals surface area contributed by atoms with E-state index in [9.17, 15) is 0 Å². The van der Waals surface area contributed by atoms with Crippen molar-refractivity contribution in [1.82, 2.24) is 15.5 Å². The second kappa shape index (κ2) is 5.83. The van der Waals surface area contributed by atoms with Crippen molar-refractivity contribution in [3.63, 3.8) is 0 Å². The van der Waals surface area contributed by atoms with Gasteiger partial charge >= 0.3 is 0 Å². The predicted molar refractivity (Wildman–Crippen MR) is 66.2 cm³/mol. The molecule has 1 heterocycles. The van der Waals surface area contributed by atoms with Crippen LogP contribution in [0.5, 0.6) is 0 Å². The van der Waals surface area contributed by atoms with E-state index in [-0.39, 0.29) is 0 Å². The molecule has 1 rings (SSSR count). The minimum absolute atomic E-state index is 0.363. The molecule has 0 radical (unpaired) electrons. The standard InChI is InChI=1S/C12H27N3/c1-12(2,10-15(3)4)9-13-8-11-6-5-7-14-11/h11,13-14H,5-10H2,1-4H3. The van der Waals surface area contributed by atoms with Crippen LogP contribution in [-0.2, 0) is 0 Å². The first-order chi connectivity index (χ1) is 6.99. The van der Waals surface area contributed by atoms with Crippen LogP contribution in [-0.4, -0.2) is 51.2 Å². The Morgan fingerprint density at radius 3 is 2.67 bits per heavy atom. The van der Waals surface area contributed by atoms with E-state index in [0.29, 0.717) is 11.5 Å². The summed E-state index contributed by atoms with van der Waals surface area (Å²) in [5, 5.41) is 7.09. The summed E-state index contributed by atoms with van der Waals surface area (Å²) in [5.41, 5.74) is 0.363. The van der Waals surface area contributed by atoms with Crippen molar-refractivity contribution in [3.05, 3.63) is 0 Å². The lowest BCUT2D eigenvalue weighted by Crippen LogP contribution is -2.42. The zero-order valence-corrected chi connectivity index (χ0v) is 10.8. The van der Waals surface area contributed by atoms with Gasteiger partial charge in [0.05, 0.1) is 0 Å². The molecule has 1 saturated heterocycles. The number of nitrogens with zero attached hydrogens (tertiary/aromatic N) is 1. The zero-order valence-electron chi connectivity index (χ0n) is 10.8. The Balaban J connectivity index is 2.11. The summed E-state index contributed by atoms with van der Waals surface area (Å²) in [6.07, 6.45) is 2.68. The lowest BCUT2D eigenvalue weighted by atomic mass is 9.93. The monoisotopic (exact) mass is 213 g/mol. The smallest absolute Gasteiger partial charge is 0.0192 e. The molecule has 0 aromatic carbocycles. The van der Waals surface area contributed by atoms with Crippen LogP contribution in [0.2, 0.25) is 0 Å². The molecule has 3 nitrogen and oxygen atoms in total. The van der Waals surface area contributed by atoms with Crippen molar-refractivity contribution in [2.24, 2.45) is 5.41 Å². The number of hydrogen-bond donors (Lipinski definition) is 2. The number of hydrogen-bond acceptors (Lipinski definition) is 3. The van der Waals surface area contributed by atoms with Crippen molar-refractivity contribution in [2.75, 3.05) is 40.3 Å². The van der Waals surface area contributed by atoms with Gasteiger partial charge in [-0.3, -0.25) is 0 Å². The first kappa shape index (κ1) is 12.9. The Morgan fingerprint density at radius 1 is 1.40 bits per heavy atom. The van der Waals surface area contributed by atoms with Crippen molar-refractivity contribution in [3.8, 4) is 0 Å². The molecule has 0 aromatic heterocycles. The maximum atomic E-state index is 3.58. The summed E-state index contributed by atoms with van der Waals surface area (Å²) in [5.74, 6) is 0. The molecule has 1 unspecified atom stereocenters. The highest BCUT2D eigenvalue weighted by Gasteiger charge is 2.19. The van der Waals surface area contributed by atoms with Gasteiger partial charge in [0.1, 0.15) is 0 Å². The number of rotatable bonds is 6. The highest BCUT2D eigenvalue weighted by Crippen LogP contribution is 2.14. The molecule has 0 spiro atoms. The molecule has 90 valence electrons. The third-order valence-corrected chi connectivity index (χ3v) is 2.90. The third kappa shape index (κ3) is 5.50. The molecule has 1 aliphatic rings. The summed E-state index contributed by atoms with van der Waals surface area (Å²) in [6.45, 7) is 9.20. The SMILES string of the molecule is CN(C)CC(C)(C)CNCC1CCCN1. The van der Waals surface area contributed by atoms with Crippen LogP contribution in [0.25, 0.3) is 0 Å². The Hall–Kier alpha value is -0.120. The van der Waals surface area contributed by atoms with Gasteiger partial charge in [0.25, 0.3) is 0 Å². The van der Waals surface area contributed by atoms with E-state index >= 15 is 0 Å². The molecule has 15 heavy (non-hydrogen) atoms. The number of nitrogens with one attached hydrogen (secondary N) is 2. The van der Waals surface area contributed by atoms with Gasteiger partial charge in [0.15, 0.2) is 0 Å². The molecule has 3 heteroatoms. The first-order valence-electron chi connectivity index (χ1n) is 6.08. The first-order valence-corrected chi connectivity index (χ1v) is 6.08. The van der Waals surface area contributed by atoms with Crippen LogP contribution in [0.3, 0.4) is 0 Å². The predicted octanol–water partition coefficient (Wildman–Crippen LogP) is 0.916. The van der Waals surface area contributed by atoms with Gasteiger partial charge in [0.2, 0.25) is 0 Å². The van der Waals surface area contributed by atoms with Crippen LogP contribution in [0.4, 0.5) is 0 Å². The fraction of sp³-hybridized carbons (Fsp3) is 1.00. The van der Waals surface area contributed by atoms with E-state index in [2.05, 4.69) is 43.5 Å². The summed E-state index contributed by atoms with van der Waals surface area (Å²) in [6, 6.07) is 0.708. The summed E-state index contributed by atoms with van der Waals surface area (Å²) in [7, 11) is 4.28. The highest BCUT2D eigenvalue weighted by molar-refractivity contribution is 4.79. The minimum atomic E-state index is 0.363. The van der Waals surface area contributed by atoms with Crippen LogP contribution in [0.15, 0.2) is 0 Å². The fourth-order valence-electron chi connectivity index (χ4n) is 2.43. The van der Waals surface area contributed by atoms with E-state index < -0.39 is 0 Å². The van der Waals surface area contributed by atoms with Crippen LogP contribution in [0, 0.1) is 5.41 Å². The van der Waals surface area contributed by atoms with E-state index in [1.54, 1.807) is 0 Å². The van der Waals surface area contributed by atoms with Gasteiger partial charge in [-0.25, -0.2) is 0 Å². The molecule has 0 amide bonds.